The van der Waals surface area contributed by atoms with Crippen molar-refractivity contribution in [1.29, 1.82) is 0 Å². The number of carbonyl (C=O) groups is 3. The third kappa shape index (κ3) is 6.14. The van der Waals surface area contributed by atoms with Crippen molar-refractivity contribution in [3.8, 4) is 5.75 Å². The van der Waals surface area contributed by atoms with Crippen molar-refractivity contribution < 1.29 is 19.1 Å². The van der Waals surface area contributed by atoms with E-state index in [9.17, 15) is 14.4 Å². The molecular formula is C28H22ClN3O4. The van der Waals surface area contributed by atoms with Crippen molar-refractivity contribution in [3.63, 3.8) is 0 Å². The van der Waals surface area contributed by atoms with Crippen LogP contribution in [0, 0.1) is 6.92 Å². The van der Waals surface area contributed by atoms with Crippen LogP contribution < -0.4 is 15.5 Å². The van der Waals surface area contributed by atoms with Crippen molar-refractivity contribution >= 4 is 46.4 Å². The van der Waals surface area contributed by atoms with Crippen molar-refractivity contribution in [2.75, 3.05) is 6.54 Å². The number of nitrogens with one attached hydrogen (secondary N) is 2. The first-order chi connectivity index (χ1) is 17.4. The molecule has 8 heteroatoms. The van der Waals surface area contributed by atoms with Gasteiger partial charge >= 0.3 is 5.97 Å². The highest BCUT2D eigenvalue weighted by atomic mass is 35.5. The molecular weight excluding hydrogens is 478 g/mol. The monoisotopic (exact) mass is 499 g/mol. The van der Waals surface area contributed by atoms with Crippen LogP contribution in [0.15, 0.2) is 90.0 Å². The molecule has 0 unspecified atom stereocenters. The summed E-state index contributed by atoms with van der Waals surface area (Å²) >= 11 is 5.82. The Bertz CT molecular complexity index is 1470. The minimum Gasteiger partial charge on any atom is -0.422 e. The lowest BCUT2D eigenvalue weighted by Crippen LogP contribution is -2.34. The highest BCUT2D eigenvalue weighted by molar-refractivity contribution is 6.30. The molecule has 0 aliphatic heterocycles. The SMILES string of the molecule is Cc1cccc(C(=O)Oc2ccc3ccccc3c2/C=N\NC(=O)CNC(=O)c2ccc(Cl)cc2)c1. The Hall–Kier alpha value is -4.49. The molecule has 0 heterocycles. The molecule has 7 nitrogen and oxygen atoms in total. The molecule has 0 aliphatic rings. The summed E-state index contributed by atoms with van der Waals surface area (Å²) in [5.74, 6) is -1.14. The van der Waals surface area contributed by atoms with Gasteiger partial charge in [-0.25, -0.2) is 10.2 Å². The number of fused-ring (bicyclic) bond motifs is 1. The van der Waals surface area contributed by atoms with E-state index in [-0.39, 0.29) is 6.54 Å². The minimum absolute atomic E-state index is 0.274. The fourth-order valence-corrected chi connectivity index (χ4v) is 3.63. The first kappa shape index (κ1) is 24.6. The van der Waals surface area contributed by atoms with Crippen LogP contribution in [0.3, 0.4) is 0 Å². The van der Waals surface area contributed by atoms with Crippen LogP contribution in [-0.2, 0) is 4.79 Å². The van der Waals surface area contributed by atoms with Crippen LogP contribution >= 0.6 is 11.6 Å². The molecule has 0 aliphatic carbocycles. The van der Waals surface area contributed by atoms with Gasteiger partial charge < -0.3 is 10.1 Å². The predicted molar refractivity (Wildman–Crippen MR) is 140 cm³/mol. The number of hydrogen-bond acceptors (Lipinski definition) is 5. The van der Waals surface area contributed by atoms with E-state index in [0.717, 1.165) is 16.3 Å². The maximum Gasteiger partial charge on any atom is 0.343 e. The standard InChI is InChI=1S/C28H22ClN3O4/c1-18-5-4-7-21(15-18)28(35)36-25-14-11-19-6-2-3-8-23(19)24(25)16-31-32-26(33)17-30-27(34)20-9-12-22(29)13-10-20/h2-16H,17H2,1H3,(H,30,34)(H,32,33)/b31-16-. The lowest BCUT2D eigenvalue weighted by molar-refractivity contribution is -0.120. The minimum atomic E-state index is -0.521. The van der Waals surface area contributed by atoms with Gasteiger partial charge in [-0.1, -0.05) is 59.6 Å². The number of halogens is 1. The third-order valence-corrected chi connectivity index (χ3v) is 5.54. The van der Waals surface area contributed by atoms with Crippen LogP contribution in [-0.4, -0.2) is 30.5 Å². The molecule has 180 valence electrons. The molecule has 0 saturated heterocycles. The van der Waals surface area contributed by atoms with Crippen LogP contribution in [0.4, 0.5) is 0 Å². The van der Waals surface area contributed by atoms with Crippen molar-refractivity contribution in [3.05, 3.63) is 112 Å². The van der Waals surface area contributed by atoms with Gasteiger partial charge in [-0.15, -0.1) is 0 Å². The first-order valence-corrected chi connectivity index (χ1v) is 11.4. The van der Waals surface area contributed by atoms with Gasteiger partial charge in [0, 0.05) is 16.1 Å². The Balaban J connectivity index is 1.47. The lowest BCUT2D eigenvalue weighted by Gasteiger charge is -2.11. The number of aryl methyl sites for hydroxylation is 1. The van der Waals surface area contributed by atoms with E-state index in [1.165, 1.54) is 6.21 Å². The van der Waals surface area contributed by atoms with E-state index < -0.39 is 17.8 Å². The van der Waals surface area contributed by atoms with E-state index in [2.05, 4.69) is 15.8 Å². The van der Waals surface area contributed by atoms with Gasteiger partial charge in [0.2, 0.25) is 0 Å². The molecule has 4 aromatic carbocycles. The van der Waals surface area contributed by atoms with Gasteiger partial charge in [0.1, 0.15) is 5.75 Å². The Kier molecular flexibility index (Phi) is 7.72. The van der Waals surface area contributed by atoms with Crippen molar-refractivity contribution in [2.45, 2.75) is 6.92 Å². The summed E-state index contributed by atoms with van der Waals surface area (Å²) < 4.78 is 5.68. The average Bonchev–Trinajstić information content (AvgIpc) is 2.88. The normalized spacial score (nSPS) is 10.8. The molecule has 0 radical (unpaired) electrons. The number of nitrogens with zero attached hydrogens (tertiary/aromatic N) is 1. The van der Waals surface area contributed by atoms with Gasteiger partial charge in [0.25, 0.3) is 11.8 Å². The molecule has 4 aromatic rings. The number of amides is 2. The van der Waals surface area contributed by atoms with Gasteiger partial charge in [0.15, 0.2) is 0 Å². The number of carbonyl (C=O) groups excluding carboxylic acids is 3. The van der Waals surface area contributed by atoms with E-state index >= 15 is 0 Å². The molecule has 2 N–H and O–H groups in total. The smallest absolute Gasteiger partial charge is 0.343 e. The number of rotatable bonds is 7. The quantitative estimate of drug-likeness (QED) is 0.163. The average molecular weight is 500 g/mol. The fraction of sp³-hybridized carbons (Fsp3) is 0.0714. The number of ether oxygens (including phenoxy) is 1. The summed E-state index contributed by atoms with van der Waals surface area (Å²) in [6, 6.07) is 24.5. The lowest BCUT2D eigenvalue weighted by atomic mass is 10.0. The zero-order valence-corrected chi connectivity index (χ0v) is 20.1. The predicted octanol–water partition coefficient (Wildman–Crippen LogP) is 4.90. The molecule has 0 aromatic heterocycles. The van der Waals surface area contributed by atoms with Crippen LogP contribution in [0.25, 0.3) is 10.8 Å². The molecule has 2 amide bonds. The molecule has 0 atom stereocenters. The largest absolute Gasteiger partial charge is 0.422 e. The van der Waals surface area contributed by atoms with Crippen molar-refractivity contribution in [1.82, 2.24) is 10.7 Å². The van der Waals surface area contributed by atoms with Crippen molar-refractivity contribution in [2.24, 2.45) is 5.10 Å². The highest BCUT2D eigenvalue weighted by Gasteiger charge is 2.14. The zero-order chi connectivity index (χ0) is 25.5. The number of hydrogen-bond donors (Lipinski definition) is 2. The Morgan fingerprint density at radius 1 is 0.917 bits per heavy atom. The summed E-state index contributed by atoms with van der Waals surface area (Å²) in [5, 5.41) is 8.76. The van der Waals surface area contributed by atoms with E-state index in [4.69, 9.17) is 16.3 Å². The molecule has 4 rings (SSSR count). The number of esters is 1. The third-order valence-electron chi connectivity index (χ3n) is 5.29. The topological polar surface area (TPSA) is 96.9 Å². The summed E-state index contributed by atoms with van der Waals surface area (Å²) in [7, 11) is 0. The fourth-order valence-electron chi connectivity index (χ4n) is 3.50. The first-order valence-electron chi connectivity index (χ1n) is 11.1. The summed E-state index contributed by atoms with van der Waals surface area (Å²) in [6.07, 6.45) is 1.42. The van der Waals surface area contributed by atoms with Gasteiger partial charge in [0.05, 0.1) is 18.3 Å². The number of hydrazone groups is 1. The van der Waals surface area contributed by atoms with Crippen LogP contribution in [0.2, 0.25) is 5.02 Å². The number of benzene rings is 4. The van der Waals surface area contributed by atoms with Gasteiger partial charge in [-0.05, 0) is 60.2 Å². The Labute approximate surface area is 212 Å². The van der Waals surface area contributed by atoms with E-state index in [1.54, 1.807) is 48.5 Å². The molecule has 0 spiro atoms. The second-order valence-corrected chi connectivity index (χ2v) is 8.38. The zero-order valence-electron chi connectivity index (χ0n) is 19.3. The van der Waals surface area contributed by atoms with E-state index in [1.807, 2.05) is 43.3 Å². The van der Waals surface area contributed by atoms with E-state index in [0.29, 0.717) is 27.5 Å². The maximum atomic E-state index is 12.7. The summed E-state index contributed by atoms with van der Waals surface area (Å²) in [4.78, 5) is 37.1. The maximum absolute atomic E-state index is 12.7. The second-order valence-electron chi connectivity index (χ2n) is 7.94. The molecule has 36 heavy (non-hydrogen) atoms. The highest BCUT2D eigenvalue weighted by Crippen LogP contribution is 2.27. The van der Waals surface area contributed by atoms with Gasteiger partial charge in [-0.2, -0.15) is 5.10 Å². The summed E-state index contributed by atoms with van der Waals surface area (Å²) in [6.45, 7) is 1.62. The second kappa shape index (κ2) is 11.3. The molecule has 0 fully saturated rings. The molecule has 0 bridgehead atoms. The summed E-state index contributed by atoms with van der Waals surface area (Å²) in [5.41, 5.74) is 4.66. The van der Waals surface area contributed by atoms with Crippen LogP contribution in [0.5, 0.6) is 5.75 Å². The molecule has 0 saturated carbocycles. The van der Waals surface area contributed by atoms with Crippen LogP contribution in [0.1, 0.15) is 31.8 Å². The Morgan fingerprint density at radius 2 is 1.69 bits per heavy atom. The van der Waals surface area contributed by atoms with Gasteiger partial charge in [-0.3, -0.25) is 9.59 Å². The Morgan fingerprint density at radius 3 is 2.47 bits per heavy atom.